The molecule has 3 rings (SSSR count). The highest BCUT2D eigenvalue weighted by atomic mass is 127. The van der Waals surface area contributed by atoms with E-state index in [0.29, 0.717) is 0 Å². The molecule has 184 valence electrons. The summed E-state index contributed by atoms with van der Waals surface area (Å²) in [5.41, 5.74) is 6.29. The van der Waals surface area contributed by atoms with E-state index in [1.54, 1.807) is 14.2 Å². The van der Waals surface area contributed by atoms with Crippen molar-refractivity contribution in [2.75, 3.05) is 40.9 Å². The Morgan fingerprint density at radius 3 is 2.42 bits per heavy atom. The maximum absolute atomic E-state index is 5.48. The van der Waals surface area contributed by atoms with E-state index in [1.807, 2.05) is 18.8 Å². The minimum Gasteiger partial charge on any atom is -0.493 e. The van der Waals surface area contributed by atoms with E-state index in [4.69, 9.17) is 9.47 Å². The number of ether oxygens (including phenoxy) is 2. The van der Waals surface area contributed by atoms with Gasteiger partial charge in [-0.05, 0) is 62.4 Å². The van der Waals surface area contributed by atoms with Crippen LogP contribution in [0.2, 0.25) is 0 Å². The fourth-order valence-corrected chi connectivity index (χ4v) is 4.36. The molecule has 0 radical (unpaired) electrons. The minimum atomic E-state index is 0. The van der Waals surface area contributed by atoms with E-state index in [-0.39, 0.29) is 30.0 Å². The summed E-state index contributed by atoms with van der Waals surface area (Å²) in [5.74, 6) is 2.44. The number of rotatable bonds is 8. The van der Waals surface area contributed by atoms with Crippen LogP contribution in [0.25, 0.3) is 0 Å². The summed E-state index contributed by atoms with van der Waals surface area (Å²) in [6.07, 6.45) is 1.93. The van der Waals surface area contributed by atoms with Crippen LogP contribution >= 0.6 is 24.0 Å². The monoisotopic (exact) mass is 570 g/mol. The van der Waals surface area contributed by atoms with E-state index >= 15 is 0 Å². The van der Waals surface area contributed by atoms with Crippen molar-refractivity contribution in [2.24, 2.45) is 12.0 Å². The van der Waals surface area contributed by atoms with Gasteiger partial charge in [0, 0.05) is 52.0 Å². The molecule has 1 atom stereocenters. The molecule has 0 fully saturated rings. The molecule has 2 aromatic rings. The van der Waals surface area contributed by atoms with Crippen molar-refractivity contribution in [3.63, 3.8) is 0 Å². The van der Waals surface area contributed by atoms with E-state index in [0.717, 1.165) is 62.2 Å². The van der Waals surface area contributed by atoms with Gasteiger partial charge in [0.05, 0.1) is 19.9 Å². The average molecular weight is 571 g/mol. The number of hydrogen-bond donors (Lipinski definition) is 2. The number of aromatic nitrogens is 2. The first-order chi connectivity index (χ1) is 15.4. The van der Waals surface area contributed by atoms with Crippen molar-refractivity contribution >= 4 is 29.9 Å². The number of aryl methyl sites for hydroxylation is 2. The lowest BCUT2D eigenvalue weighted by atomic mass is 9.99. The van der Waals surface area contributed by atoms with Gasteiger partial charge in [-0.25, -0.2) is 0 Å². The Kier molecular flexibility index (Phi) is 10.3. The molecule has 1 aromatic heterocycles. The van der Waals surface area contributed by atoms with Crippen molar-refractivity contribution < 1.29 is 9.47 Å². The van der Waals surface area contributed by atoms with Crippen molar-refractivity contribution in [1.29, 1.82) is 0 Å². The second kappa shape index (κ2) is 12.5. The normalized spacial score (nSPS) is 14.8. The fraction of sp³-hybridized carbons (Fsp3) is 0.583. The predicted molar refractivity (Wildman–Crippen MR) is 144 cm³/mol. The van der Waals surface area contributed by atoms with Gasteiger partial charge in [0.2, 0.25) is 0 Å². The number of guanidine groups is 1. The number of nitrogens with zero attached hydrogens (tertiary/aromatic N) is 4. The molecule has 8 nitrogen and oxygen atoms in total. The third-order valence-corrected chi connectivity index (χ3v) is 6.29. The Morgan fingerprint density at radius 2 is 1.85 bits per heavy atom. The van der Waals surface area contributed by atoms with Gasteiger partial charge in [-0.3, -0.25) is 14.6 Å². The summed E-state index contributed by atoms with van der Waals surface area (Å²) >= 11 is 0. The van der Waals surface area contributed by atoms with E-state index in [9.17, 15) is 0 Å². The molecular formula is C24H39IN6O2. The minimum absolute atomic E-state index is 0. The first-order valence-electron chi connectivity index (χ1n) is 11.3. The molecule has 0 amide bonds. The second-order valence-corrected chi connectivity index (χ2v) is 8.52. The number of hydrogen-bond acceptors (Lipinski definition) is 5. The molecule has 1 aliphatic heterocycles. The van der Waals surface area contributed by atoms with Crippen molar-refractivity contribution in [1.82, 2.24) is 25.3 Å². The van der Waals surface area contributed by atoms with Gasteiger partial charge in [-0.1, -0.05) is 0 Å². The maximum atomic E-state index is 5.48. The number of fused-ring (bicyclic) bond motifs is 1. The number of aliphatic imine (C=N–C) groups is 1. The number of benzene rings is 1. The largest absolute Gasteiger partial charge is 0.493 e. The summed E-state index contributed by atoms with van der Waals surface area (Å²) in [6, 6.07) is 4.48. The lowest BCUT2D eigenvalue weighted by molar-refractivity contribution is 0.256. The summed E-state index contributed by atoms with van der Waals surface area (Å²) in [4.78, 5) is 6.86. The van der Waals surface area contributed by atoms with Gasteiger partial charge in [0.15, 0.2) is 17.5 Å². The van der Waals surface area contributed by atoms with Crippen LogP contribution in [0.15, 0.2) is 17.1 Å². The average Bonchev–Trinajstić information content (AvgIpc) is 3.03. The Balaban J connectivity index is 0.00000385. The molecule has 0 spiro atoms. The zero-order valence-electron chi connectivity index (χ0n) is 21.0. The van der Waals surface area contributed by atoms with Gasteiger partial charge < -0.3 is 20.1 Å². The molecule has 1 aromatic carbocycles. The molecule has 0 bridgehead atoms. The van der Waals surface area contributed by atoms with Crippen LogP contribution in [-0.2, 0) is 26.4 Å². The Hall–Kier alpha value is -2.01. The third-order valence-electron chi connectivity index (χ3n) is 6.29. The van der Waals surface area contributed by atoms with Crippen LogP contribution in [0.4, 0.5) is 0 Å². The quantitative estimate of drug-likeness (QED) is 0.289. The molecule has 0 saturated heterocycles. The van der Waals surface area contributed by atoms with Crippen molar-refractivity contribution in [2.45, 2.75) is 46.2 Å². The van der Waals surface area contributed by atoms with E-state index in [2.05, 4.69) is 58.5 Å². The standard InChI is InChI=1S/C24H38N6O2.HI/c1-16(12-21-17(2)28-29(5)18(21)3)27-24(25-4)26-9-11-30-10-8-19-13-22(31-6)23(32-7)14-20(19)15-30;/h13-14,16H,8-12,15H2,1-7H3,(H2,25,26,27);1H. The van der Waals surface area contributed by atoms with Crippen LogP contribution in [-0.4, -0.2) is 67.6 Å². The van der Waals surface area contributed by atoms with Crippen LogP contribution in [0.5, 0.6) is 11.5 Å². The van der Waals surface area contributed by atoms with Gasteiger partial charge >= 0.3 is 0 Å². The highest BCUT2D eigenvalue weighted by Gasteiger charge is 2.19. The Morgan fingerprint density at radius 1 is 1.18 bits per heavy atom. The highest BCUT2D eigenvalue weighted by molar-refractivity contribution is 14.0. The van der Waals surface area contributed by atoms with Crippen LogP contribution < -0.4 is 20.1 Å². The highest BCUT2D eigenvalue weighted by Crippen LogP contribution is 2.33. The predicted octanol–water partition coefficient (Wildman–Crippen LogP) is 2.83. The smallest absolute Gasteiger partial charge is 0.191 e. The van der Waals surface area contributed by atoms with Gasteiger partial charge in [0.1, 0.15) is 0 Å². The zero-order chi connectivity index (χ0) is 23.3. The molecule has 1 unspecified atom stereocenters. The molecule has 0 aliphatic carbocycles. The van der Waals surface area contributed by atoms with Gasteiger partial charge in [0.25, 0.3) is 0 Å². The number of methoxy groups -OCH3 is 2. The number of nitrogens with one attached hydrogen (secondary N) is 2. The molecular weight excluding hydrogens is 531 g/mol. The van der Waals surface area contributed by atoms with E-state index in [1.165, 1.54) is 22.4 Å². The molecule has 2 heterocycles. The Bertz CT molecular complexity index is 959. The van der Waals surface area contributed by atoms with Gasteiger partial charge in [-0.15, -0.1) is 24.0 Å². The lowest BCUT2D eigenvalue weighted by Crippen LogP contribution is -2.46. The molecule has 9 heteroatoms. The van der Waals surface area contributed by atoms with Crippen LogP contribution in [0.3, 0.4) is 0 Å². The fourth-order valence-electron chi connectivity index (χ4n) is 4.36. The molecule has 33 heavy (non-hydrogen) atoms. The summed E-state index contributed by atoms with van der Waals surface area (Å²) in [6.45, 7) is 10.1. The van der Waals surface area contributed by atoms with E-state index < -0.39 is 0 Å². The molecule has 0 saturated carbocycles. The SMILES string of the molecule is CN=C(NCCN1CCc2cc(OC)c(OC)cc2C1)NC(C)Cc1c(C)nn(C)c1C.I. The van der Waals surface area contributed by atoms with Crippen LogP contribution in [0, 0.1) is 13.8 Å². The Labute approximate surface area is 215 Å². The first-order valence-corrected chi connectivity index (χ1v) is 11.3. The van der Waals surface area contributed by atoms with Crippen LogP contribution in [0.1, 0.15) is 35.0 Å². The van der Waals surface area contributed by atoms with Crippen molar-refractivity contribution in [3.05, 3.63) is 40.2 Å². The molecule has 1 aliphatic rings. The summed E-state index contributed by atoms with van der Waals surface area (Å²) < 4.78 is 12.9. The lowest BCUT2D eigenvalue weighted by Gasteiger charge is -2.30. The first kappa shape index (κ1) is 27.2. The zero-order valence-corrected chi connectivity index (χ0v) is 23.3. The number of halogens is 1. The third kappa shape index (κ3) is 6.75. The second-order valence-electron chi connectivity index (χ2n) is 8.52. The molecule has 2 N–H and O–H groups in total. The topological polar surface area (TPSA) is 75.9 Å². The van der Waals surface area contributed by atoms with Crippen molar-refractivity contribution in [3.8, 4) is 11.5 Å². The van der Waals surface area contributed by atoms with Gasteiger partial charge in [-0.2, -0.15) is 5.10 Å². The summed E-state index contributed by atoms with van der Waals surface area (Å²) in [5, 5.41) is 11.5. The summed E-state index contributed by atoms with van der Waals surface area (Å²) in [7, 11) is 7.19. The maximum Gasteiger partial charge on any atom is 0.191 e.